The third-order valence-corrected chi connectivity index (χ3v) is 2.99. The zero-order valence-corrected chi connectivity index (χ0v) is 10.6. The zero-order chi connectivity index (χ0) is 12.3. The molecule has 2 N–H and O–H groups in total. The van der Waals surface area contributed by atoms with Gasteiger partial charge in [0.15, 0.2) is 0 Å². The highest BCUT2D eigenvalue weighted by atomic mass is 32.1. The molecule has 0 bridgehead atoms. The summed E-state index contributed by atoms with van der Waals surface area (Å²) >= 11 is 4.83. The summed E-state index contributed by atoms with van der Waals surface area (Å²) in [6.07, 6.45) is 5.84. The summed E-state index contributed by atoms with van der Waals surface area (Å²) in [5, 5.41) is 0. The summed E-state index contributed by atoms with van der Waals surface area (Å²) in [6, 6.07) is 0. The number of likely N-dealkylation sites (N-methyl/N-ethyl adjacent to an activating group) is 1. The second-order valence-corrected chi connectivity index (χ2v) is 4.58. The Morgan fingerprint density at radius 3 is 2.94 bits per heavy atom. The third kappa shape index (κ3) is 3.10. The van der Waals surface area contributed by atoms with E-state index in [0.29, 0.717) is 11.8 Å². The summed E-state index contributed by atoms with van der Waals surface area (Å²) < 4.78 is 5.58. The molecule has 5 nitrogen and oxygen atoms in total. The van der Waals surface area contributed by atoms with Crippen molar-refractivity contribution < 1.29 is 4.74 Å². The van der Waals surface area contributed by atoms with Crippen molar-refractivity contribution in [2.75, 3.05) is 25.1 Å². The van der Waals surface area contributed by atoms with Crippen LogP contribution in [0.15, 0.2) is 12.4 Å². The first-order valence-corrected chi connectivity index (χ1v) is 6.02. The van der Waals surface area contributed by atoms with Crippen molar-refractivity contribution in [1.29, 1.82) is 0 Å². The van der Waals surface area contributed by atoms with E-state index in [4.69, 9.17) is 22.7 Å². The topological polar surface area (TPSA) is 64.3 Å². The average Bonchev–Trinajstić information content (AvgIpc) is 2.82. The fraction of sp³-hybridized carbons (Fsp3) is 0.545. The van der Waals surface area contributed by atoms with Crippen molar-refractivity contribution in [2.24, 2.45) is 5.73 Å². The molecule has 6 heteroatoms. The van der Waals surface area contributed by atoms with Gasteiger partial charge in [-0.2, -0.15) is 0 Å². The molecule has 0 radical (unpaired) electrons. The molecule has 1 aliphatic rings. The maximum absolute atomic E-state index is 5.58. The van der Waals surface area contributed by atoms with Gasteiger partial charge in [-0.25, -0.2) is 9.97 Å². The summed E-state index contributed by atoms with van der Waals surface area (Å²) in [7, 11) is 1.98. The van der Waals surface area contributed by atoms with E-state index < -0.39 is 0 Å². The maximum atomic E-state index is 5.58. The van der Waals surface area contributed by atoms with Gasteiger partial charge in [-0.3, -0.25) is 0 Å². The summed E-state index contributed by atoms with van der Waals surface area (Å²) in [5.74, 6) is 0.806. The largest absolute Gasteiger partial charge is 0.388 e. The van der Waals surface area contributed by atoms with E-state index in [0.717, 1.165) is 31.8 Å². The van der Waals surface area contributed by atoms with Crippen LogP contribution in [-0.2, 0) is 4.74 Å². The van der Waals surface area contributed by atoms with Crippen LogP contribution < -0.4 is 10.6 Å². The minimum Gasteiger partial charge on any atom is -0.388 e. The van der Waals surface area contributed by atoms with Crippen molar-refractivity contribution in [1.82, 2.24) is 9.97 Å². The number of hydrogen-bond acceptors (Lipinski definition) is 5. The van der Waals surface area contributed by atoms with Crippen molar-refractivity contribution in [2.45, 2.75) is 18.9 Å². The van der Waals surface area contributed by atoms with E-state index in [9.17, 15) is 0 Å². The third-order valence-electron chi connectivity index (χ3n) is 2.78. The number of rotatable bonds is 4. The summed E-state index contributed by atoms with van der Waals surface area (Å²) in [4.78, 5) is 10.7. The van der Waals surface area contributed by atoms with Gasteiger partial charge in [0.25, 0.3) is 0 Å². The van der Waals surface area contributed by atoms with E-state index in [1.165, 1.54) is 0 Å². The van der Waals surface area contributed by atoms with Gasteiger partial charge in [0.1, 0.15) is 16.5 Å². The van der Waals surface area contributed by atoms with Gasteiger partial charge in [0.05, 0.1) is 18.5 Å². The van der Waals surface area contributed by atoms with Gasteiger partial charge in [-0.05, 0) is 12.8 Å². The van der Waals surface area contributed by atoms with E-state index >= 15 is 0 Å². The Bertz CT molecular complexity index is 389. The molecule has 0 aromatic carbocycles. The first kappa shape index (κ1) is 12.2. The van der Waals surface area contributed by atoms with E-state index in [1.807, 2.05) is 11.9 Å². The van der Waals surface area contributed by atoms with Crippen molar-refractivity contribution in [3.05, 3.63) is 18.1 Å². The van der Waals surface area contributed by atoms with Crippen LogP contribution in [0.1, 0.15) is 18.5 Å². The molecule has 1 aromatic rings. The Labute approximate surface area is 106 Å². The highest BCUT2D eigenvalue weighted by Crippen LogP contribution is 2.15. The van der Waals surface area contributed by atoms with E-state index in [2.05, 4.69) is 9.97 Å². The molecule has 92 valence electrons. The quantitative estimate of drug-likeness (QED) is 0.797. The van der Waals surface area contributed by atoms with Crippen LogP contribution in [-0.4, -0.2) is 41.3 Å². The first-order chi connectivity index (χ1) is 8.16. The van der Waals surface area contributed by atoms with E-state index in [-0.39, 0.29) is 4.99 Å². The second-order valence-electron chi connectivity index (χ2n) is 4.14. The van der Waals surface area contributed by atoms with Gasteiger partial charge >= 0.3 is 0 Å². The lowest BCUT2D eigenvalue weighted by Crippen LogP contribution is -2.29. The monoisotopic (exact) mass is 252 g/mol. The number of nitrogens with zero attached hydrogens (tertiary/aromatic N) is 3. The number of hydrogen-bond donors (Lipinski definition) is 1. The molecular weight excluding hydrogens is 236 g/mol. The number of aromatic nitrogens is 2. The lowest BCUT2D eigenvalue weighted by atomic mass is 10.2. The van der Waals surface area contributed by atoms with Gasteiger partial charge in [-0.1, -0.05) is 12.2 Å². The second kappa shape index (κ2) is 5.37. The van der Waals surface area contributed by atoms with Gasteiger partial charge in [-0.15, -0.1) is 0 Å². The average molecular weight is 252 g/mol. The van der Waals surface area contributed by atoms with Gasteiger partial charge in [0, 0.05) is 20.2 Å². The Morgan fingerprint density at radius 2 is 2.41 bits per heavy atom. The van der Waals surface area contributed by atoms with Crippen LogP contribution in [0.3, 0.4) is 0 Å². The summed E-state index contributed by atoms with van der Waals surface area (Å²) in [5.41, 5.74) is 6.02. The Hall–Kier alpha value is -1.27. The Morgan fingerprint density at radius 1 is 1.59 bits per heavy atom. The molecule has 0 spiro atoms. The molecule has 1 aliphatic heterocycles. The molecule has 1 saturated heterocycles. The van der Waals surface area contributed by atoms with Crippen LogP contribution in [0.2, 0.25) is 0 Å². The molecule has 1 fully saturated rings. The fourth-order valence-corrected chi connectivity index (χ4v) is 1.94. The highest BCUT2D eigenvalue weighted by Gasteiger charge is 2.18. The molecule has 1 atom stereocenters. The minimum absolute atomic E-state index is 0.269. The van der Waals surface area contributed by atoms with Crippen LogP contribution in [0.25, 0.3) is 0 Å². The minimum atomic E-state index is 0.269. The van der Waals surface area contributed by atoms with Gasteiger partial charge in [0.2, 0.25) is 0 Å². The van der Waals surface area contributed by atoms with Crippen molar-refractivity contribution in [3.8, 4) is 0 Å². The first-order valence-electron chi connectivity index (χ1n) is 5.61. The predicted molar refractivity (Wildman–Crippen MR) is 70.2 cm³/mol. The van der Waals surface area contributed by atoms with Crippen molar-refractivity contribution in [3.63, 3.8) is 0 Å². The van der Waals surface area contributed by atoms with Crippen LogP contribution in [0.4, 0.5) is 5.82 Å². The lowest BCUT2D eigenvalue weighted by Gasteiger charge is -2.21. The highest BCUT2D eigenvalue weighted by molar-refractivity contribution is 7.80. The fourth-order valence-electron chi connectivity index (χ4n) is 1.83. The lowest BCUT2D eigenvalue weighted by molar-refractivity contribution is 0.116. The summed E-state index contributed by atoms with van der Waals surface area (Å²) in [6.45, 7) is 1.70. The normalized spacial score (nSPS) is 19.2. The predicted octanol–water partition coefficient (Wildman–Crippen LogP) is 0.726. The van der Waals surface area contributed by atoms with E-state index in [1.54, 1.807) is 12.4 Å². The molecule has 2 heterocycles. The smallest absolute Gasteiger partial charge is 0.146 e. The maximum Gasteiger partial charge on any atom is 0.146 e. The Balaban J connectivity index is 1.98. The van der Waals surface area contributed by atoms with Crippen LogP contribution in [0, 0.1) is 0 Å². The Kier molecular flexibility index (Phi) is 3.86. The van der Waals surface area contributed by atoms with Gasteiger partial charge < -0.3 is 15.4 Å². The molecule has 0 amide bonds. The van der Waals surface area contributed by atoms with Crippen molar-refractivity contribution >= 4 is 23.0 Å². The number of ether oxygens (including phenoxy) is 1. The van der Waals surface area contributed by atoms with Crippen LogP contribution in [0.5, 0.6) is 0 Å². The molecule has 0 saturated carbocycles. The SMILES string of the molecule is CN(CC1CCCO1)c1cnc(C(N)=S)cn1. The molecule has 1 aromatic heterocycles. The molecule has 2 rings (SSSR count). The molecule has 0 aliphatic carbocycles. The standard InChI is InChI=1S/C11H16N4OS/c1-15(7-8-3-2-4-16-8)10-6-13-9(5-14-10)11(12)17/h5-6,8H,2-4,7H2,1H3,(H2,12,17). The number of thiocarbonyl (C=S) groups is 1. The van der Waals surface area contributed by atoms with Crippen LogP contribution >= 0.6 is 12.2 Å². The molecular formula is C11H16N4OS. The molecule has 1 unspecified atom stereocenters. The number of anilines is 1. The molecule has 17 heavy (non-hydrogen) atoms. The number of nitrogens with two attached hydrogens (primary N) is 1. The zero-order valence-electron chi connectivity index (χ0n) is 9.80.